The van der Waals surface area contributed by atoms with Crippen molar-refractivity contribution in [2.45, 2.75) is 58.9 Å². The van der Waals surface area contributed by atoms with Crippen LogP contribution >= 0.6 is 0 Å². The summed E-state index contributed by atoms with van der Waals surface area (Å²) in [5.41, 5.74) is 2.63. The highest BCUT2D eigenvalue weighted by Gasteiger charge is 2.08. The highest BCUT2D eigenvalue weighted by Crippen LogP contribution is 2.08. The Morgan fingerprint density at radius 1 is 1.31 bits per heavy atom. The molecule has 0 aliphatic rings. The first-order valence-electron chi connectivity index (χ1n) is 5.05. The van der Waals surface area contributed by atoms with Crippen LogP contribution in [0, 0.1) is 0 Å². The van der Waals surface area contributed by atoms with Crippen LogP contribution in [0.5, 0.6) is 0 Å². The van der Waals surface area contributed by atoms with E-state index in [0.717, 1.165) is 18.7 Å². The normalized spacial score (nSPS) is 13.2. The predicted molar refractivity (Wildman–Crippen MR) is 58.7 cm³/mol. The molecule has 0 amide bonds. The third-order valence-corrected chi connectivity index (χ3v) is 1.65. The highest BCUT2D eigenvalue weighted by atomic mass is 15.3. The molecule has 0 aromatic heterocycles. The molecular formula is C10H23N3. The second kappa shape index (κ2) is 5.97. The number of hydrogen-bond acceptors (Lipinski definition) is 2. The molecule has 0 aromatic rings. The van der Waals surface area contributed by atoms with Crippen molar-refractivity contribution in [1.29, 1.82) is 0 Å². The van der Waals surface area contributed by atoms with E-state index in [0.29, 0.717) is 0 Å². The van der Waals surface area contributed by atoms with Gasteiger partial charge in [0.2, 0.25) is 0 Å². The van der Waals surface area contributed by atoms with Crippen molar-refractivity contribution in [1.82, 2.24) is 5.43 Å². The summed E-state index contributed by atoms with van der Waals surface area (Å²) in [6.45, 7) is 8.41. The minimum atomic E-state index is -0.0338. The van der Waals surface area contributed by atoms with Gasteiger partial charge in [0.1, 0.15) is 5.84 Å². The largest absolute Gasteiger partial charge is 0.312 e. The predicted octanol–water partition coefficient (Wildman–Crippen LogP) is 2.23. The van der Waals surface area contributed by atoms with E-state index < -0.39 is 0 Å². The second-order valence-electron chi connectivity index (χ2n) is 4.33. The van der Waals surface area contributed by atoms with Crippen LogP contribution in [-0.4, -0.2) is 11.4 Å². The van der Waals surface area contributed by atoms with Crippen LogP contribution in [0.1, 0.15) is 53.4 Å². The van der Waals surface area contributed by atoms with Gasteiger partial charge in [0, 0.05) is 6.42 Å². The Labute approximate surface area is 81.8 Å². The summed E-state index contributed by atoms with van der Waals surface area (Å²) in [5.74, 6) is 6.30. The van der Waals surface area contributed by atoms with E-state index in [4.69, 9.17) is 5.84 Å². The summed E-state index contributed by atoms with van der Waals surface area (Å²) in [7, 11) is 0. The summed E-state index contributed by atoms with van der Waals surface area (Å²) in [5, 5.41) is 0. The molecule has 3 nitrogen and oxygen atoms in total. The van der Waals surface area contributed by atoms with Gasteiger partial charge >= 0.3 is 0 Å². The standard InChI is InChI=1S/C10H23N3/c1-5-6-7-8-9(13-11)12-10(2,3)4/h5-8,11H2,1-4H3,(H,12,13). The first kappa shape index (κ1) is 12.4. The van der Waals surface area contributed by atoms with Crippen molar-refractivity contribution < 1.29 is 0 Å². The maximum absolute atomic E-state index is 5.38. The quantitative estimate of drug-likeness (QED) is 0.232. The summed E-state index contributed by atoms with van der Waals surface area (Å²) in [4.78, 5) is 4.48. The van der Waals surface area contributed by atoms with Gasteiger partial charge in [-0.15, -0.1) is 0 Å². The van der Waals surface area contributed by atoms with Crippen LogP contribution in [0.3, 0.4) is 0 Å². The first-order chi connectivity index (χ1) is 5.99. The van der Waals surface area contributed by atoms with Crippen molar-refractivity contribution in [2.24, 2.45) is 10.8 Å². The molecule has 0 spiro atoms. The lowest BCUT2D eigenvalue weighted by Gasteiger charge is -2.15. The zero-order valence-corrected chi connectivity index (χ0v) is 9.35. The van der Waals surface area contributed by atoms with Gasteiger partial charge in [-0.1, -0.05) is 19.8 Å². The van der Waals surface area contributed by atoms with Crippen molar-refractivity contribution in [3.8, 4) is 0 Å². The number of hydrazine groups is 1. The Morgan fingerprint density at radius 3 is 2.31 bits per heavy atom. The molecule has 3 heteroatoms. The lowest BCUT2D eigenvalue weighted by atomic mass is 10.1. The summed E-state index contributed by atoms with van der Waals surface area (Å²) < 4.78 is 0. The number of nitrogens with zero attached hydrogens (tertiary/aromatic N) is 1. The Bertz CT molecular complexity index is 156. The molecule has 0 atom stereocenters. The van der Waals surface area contributed by atoms with Gasteiger partial charge in [0.05, 0.1) is 5.54 Å². The van der Waals surface area contributed by atoms with Crippen molar-refractivity contribution in [2.75, 3.05) is 0 Å². The second-order valence-corrected chi connectivity index (χ2v) is 4.33. The summed E-state index contributed by atoms with van der Waals surface area (Å²) >= 11 is 0. The number of unbranched alkanes of at least 4 members (excludes halogenated alkanes) is 2. The average Bonchev–Trinajstić information content (AvgIpc) is 2.01. The number of hydrogen-bond donors (Lipinski definition) is 2. The van der Waals surface area contributed by atoms with Crippen LogP contribution < -0.4 is 11.3 Å². The van der Waals surface area contributed by atoms with E-state index in [1.54, 1.807) is 0 Å². The van der Waals surface area contributed by atoms with Crippen LogP contribution in [0.25, 0.3) is 0 Å². The van der Waals surface area contributed by atoms with Gasteiger partial charge in [-0.05, 0) is 27.2 Å². The minimum Gasteiger partial charge on any atom is -0.312 e. The average molecular weight is 185 g/mol. The SMILES string of the molecule is CCCCCC(=NC(C)(C)C)NN. The molecule has 0 aliphatic heterocycles. The zero-order chi connectivity index (χ0) is 10.3. The maximum atomic E-state index is 5.38. The van der Waals surface area contributed by atoms with E-state index in [1.807, 2.05) is 0 Å². The molecule has 0 saturated carbocycles. The van der Waals surface area contributed by atoms with Crippen LogP contribution in [-0.2, 0) is 0 Å². The number of rotatable bonds is 4. The Balaban J connectivity index is 3.95. The molecule has 0 unspecified atom stereocenters. The smallest absolute Gasteiger partial charge is 0.111 e. The van der Waals surface area contributed by atoms with Crippen molar-refractivity contribution in [3.63, 3.8) is 0 Å². The van der Waals surface area contributed by atoms with Crippen LogP contribution in [0.2, 0.25) is 0 Å². The lowest BCUT2D eigenvalue weighted by Crippen LogP contribution is -2.32. The molecule has 3 N–H and O–H groups in total. The van der Waals surface area contributed by atoms with Gasteiger partial charge in [-0.25, -0.2) is 5.84 Å². The zero-order valence-electron chi connectivity index (χ0n) is 9.35. The first-order valence-corrected chi connectivity index (χ1v) is 5.05. The minimum absolute atomic E-state index is 0.0338. The lowest BCUT2D eigenvalue weighted by molar-refractivity contribution is 0.574. The van der Waals surface area contributed by atoms with Gasteiger partial charge in [-0.2, -0.15) is 0 Å². The fourth-order valence-corrected chi connectivity index (χ4v) is 1.11. The summed E-state index contributed by atoms with van der Waals surface area (Å²) in [6.07, 6.45) is 4.59. The number of nitrogens with two attached hydrogens (primary N) is 1. The third-order valence-electron chi connectivity index (χ3n) is 1.65. The topological polar surface area (TPSA) is 50.4 Å². The van der Waals surface area contributed by atoms with E-state index >= 15 is 0 Å². The molecule has 0 aliphatic carbocycles. The maximum Gasteiger partial charge on any atom is 0.111 e. The Morgan fingerprint density at radius 2 is 1.92 bits per heavy atom. The Kier molecular flexibility index (Phi) is 5.71. The molecule has 0 bridgehead atoms. The van der Waals surface area contributed by atoms with Gasteiger partial charge < -0.3 is 5.43 Å². The molecular weight excluding hydrogens is 162 g/mol. The van der Waals surface area contributed by atoms with Gasteiger partial charge in [0.25, 0.3) is 0 Å². The van der Waals surface area contributed by atoms with Crippen LogP contribution in [0.4, 0.5) is 0 Å². The highest BCUT2D eigenvalue weighted by molar-refractivity contribution is 5.81. The molecule has 0 fully saturated rings. The number of nitrogens with one attached hydrogen (secondary N) is 1. The van der Waals surface area contributed by atoms with Gasteiger partial charge in [0.15, 0.2) is 0 Å². The number of aliphatic imine (C=N–C) groups is 1. The van der Waals surface area contributed by atoms with Crippen molar-refractivity contribution >= 4 is 5.84 Å². The van der Waals surface area contributed by atoms with E-state index in [9.17, 15) is 0 Å². The monoisotopic (exact) mass is 185 g/mol. The fourth-order valence-electron chi connectivity index (χ4n) is 1.11. The Hall–Kier alpha value is -0.570. The molecule has 13 heavy (non-hydrogen) atoms. The van der Waals surface area contributed by atoms with Crippen LogP contribution in [0.15, 0.2) is 4.99 Å². The fraction of sp³-hybridized carbons (Fsp3) is 0.900. The van der Waals surface area contributed by atoms with Gasteiger partial charge in [-0.3, -0.25) is 4.99 Å². The summed E-state index contributed by atoms with van der Waals surface area (Å²) in [6, 6.07) is 0. The third kappa shape index (κ3) is 7.78. The molecule has 0 rings (SSSR count). The molecule has 0 saturated heterocycles. The molecule has 0 radical (unpaired) electrons. The van der Waals surface area contributed by atoms with E-state index in [-0.39, 0.29) is 5.54 Å². The van der Waals surface area contributed by atoms with E-state index in [2.05, 4.69) is 38.1 Å². The molecule has 0 heterocycles. The molecule has 78 valence electrons. The molecule has 0 aromatic carbocycles. The van der Waals surface area contributed by atoms with E-state index in [1.165, 1.54) is 12.8 Å². The van der Waals surface area contributed by atoms with Crippen molar-refractivity contribution in [3.05, 3.63) is 0 Å². The number of amidine groups is 1.